The fraction of sp³-hybridized carbons (Fsp3) is 0.0909. The van der Waals surface area contributed by atoms with E-state index in [2.05, 4.69) is 10.1 Å². The van der Waals surface area contributed by atoms with E-state index in [0.717, 1.165) is 10.9 Å². The van der Waals surface area contributed by atoms with Crippen molar-refractivity contribution >= 4 is 5.97 Å². The minimum Gasteiger partial charge on any atom is -0.481 e. The summed E-state index contributed by atoms with van der Waals surface area (Å²) in [6.45, 7) is 0. The van der Waals surface area contributed by atoms with Crippen LogP contribution in [0, 0.1) is 0 Å². The van der Waals surface area contributed by atoms with E-state index in [-0.39, 0.29) is 6.42 Å². The van der Waals surface area contributed by atoms with Crippen LogP contribution in [-0.2, 0) is 11.2 Å². The second kappa shape index (κ2) is 4.66. The maximum Gasteiger partial charge on any atom is 0.349 e. The quantitative estimate of drug-likeness (QED) is 0.764. The highest BCUT2D eigenvalue weighted by Crippen LogP contribution is 2.11. The van der Waals surface area contributed by atoms with Gasteiger partial charge in [-0.25, -0.2) is 4.79 Å². The van der Waals surface area contributed by atoms with Gasteiger partial charge in [0.25, 0.3) is 5.56 Å². The third-order valence-corrected chi connectivity index (χ3v) is 2.27. The molecule has 2 aromatic rings. The van der Waals surface area contributed by atoms with E-state index in [1.54, 1.807) is 24.3 Å². The van der Waals surface area contributed by atoms with E-state index in [4.69, 9.17) is 5.11 Å². The summed E-state index contributed by atoms with van der Waals surface area (Å²) in [5.74, 6) is -1.01. The van der Waals surface area contributed by atoms with Gasteiger partial charge in [-0.2, -0.15) is 9.78 Å². The number of nitrogens with one attached hydrogen (secondary N) is 1. The van der Waals surface area contributed by atoms with Crippen molar-refractivity contribution in [1.29, 1.82) is 0 Å². The van der Waals surface area contributed by atoms with Crippen LogP contribution in [0.1, 0.15) is 5.56 Å². The minimum absolute atomic E-state index is 0.233. The van der Waals surface area contributed by atoms with Gasteiger partial charge in [-0.1, -0.05) is 18.2 Å². The first kappa shape index (κ1) is 11.8. The molecule has 0 bridgehead atoms. The molecule has 0 unspecified atom stereocenters. The molecule has 0 atom stereocenters. The number of carboxylic acid groups (broad SMARTS) is 1. The smallest absolute Gasteiger partial charge is 0.349 e. The molecule has 2 N–H and O–H groups in total. The molecule has 92 valence electrons. The number of hydrogen-bond donors (Lipinski definition) is 2. The van der Waals surface area contributed by atoms with Crippen LogP contribution in [0.15, 0.2) is 40.1 Å². The summed E-state index contributed by atoms with van der Waals surface area (Å²) in [4.78, 5) is 35.3. The number of H-pyrrole nitrogens is 1. The van der Waals surface area contributed by atoms with Crippen molar-refractivity contribution in [3.05, 3.63) is 56.9 Å². The third kappa shape index (κ3) is 2.34. The summed E-state index contributed by atoms with van der Waals surface area (Å²) in [5, 5.41) is 12.5. The SMILES string of the molecule is O=C(O)Cc1ccccc1-n1ncc(=O)[nH]c1=O. The number of aromatic nitrogens is 3. The molecule has 0 saturated heterocycles. The van der Waals surface area contributed by atoms with Crippen molar-refractivity contribution in [2.45, 2.75) is 6.42 Å². The highest BCUT2D eigenvalue weighted by atomic mass is 16.4. The van der Waals surface area contributed by atoms with Gasteiger partial charge < -0.3 is 5.11 Å². The van der Waals surface area contributed by atoms with Gasteiger partial charge in [0.15, 0.2) is 0 Å². The molecule has 0 radical (unpaired) electrons. The van der Waals surface area contributed by atoms with Crippen LogP contribution in [0.4, 0.5) is 0 Å². The molecule has 0 saturated carbocycles. The number of rotatable bonds is 3. The van der Waals surface area contributed by atoms with E-state index >= 15 is 0 Å². The van der Waals surface area contributed by atoms with Crippen molar-refractivity contribution in [3.8, 4) is 5.69 Å². The van der Waals surface area contributed by atoms with Crippen LogP contribution in [0.25, 0.3) is 5.69 Å². The molecule has 1 heterocycles. The lowest BCUT2D eigenvalue weighted by atomic mass is 10.1. The Morgan fingerprint density at radius 3 is 2.72 bits per heavy atom. The molecule has 0 aliphatic carbocycles. The molecule has 7 heteroatoms. The first-order valence-corrected chi connectivity index (χ1v) is 5.06. The van der Waals surface area contributed by atoms with E-state index < -0.39 is 17.2 Å². The van der Waals surface area contributed by atoms with Crippen molar-refractivity contribution < 1.29 is 9.90 Å². The lowest BCUT2D eigenvalue weighted by Gasteiger charge is -2.07. The summed E-state index contributed by atoms with van der Waals surface area (Å²) in [6, 6.07) is 6.46. The molecule has 18 heavy (non-hydrogen) atoms. The molecular formula is C11H9N3O4. The van der Waals surface area contributed by atoms with Gasteiger partial charge in [-0.05, 0) is 11.6 Å². The van der Waals surface area contributed by atoms with Gasteiger partial charge in [0, 0.05) is 0 Å². The van der Waals surface area contributed by atoms with Crippen LogP contribution < -0.4 is 11.2 Å². The minimum atomic E-state index is -1.01. The second-order valence-corrected chi connectivity index (χ2v) is 3.55. The van der Waals surface area contributed by atoms with Gasteiger partial charge in [0.1, 0.15) is 6.20 Å². The van der Waals surface area contributed by atoms with Gasteiger partial charge in [0.05, 0.1) is 12.1 Å². The predicted octanol–water partition coefficient (Wildman–Crippen LogP) is -0.452. The van der Waals surface area contributed by atoms with Gasteiger partial charge >= 0.3 is 11.7 Å². The third-order valence-electron chi connectivity index (χ3n) is 2.27. The molecule has 0 fully saturated rings. The largest absolute Gasteiger partial charge is 0.481 e. The number of carboxylic acids is 1. The molecule has 0 aliphatic heterocycles. The Labute approximate surface area is 100 Å². The van der Waals surface area contributed by atoms with Crippen molar-refractivity contribution in [2.75, 3.05) is 0 Å². The lowest BCUT2D eigenvalue weighted by Crippen LogP contribution is -2.31. The number of nitrogens with zero attached hydrogens (tertiary/aromatic N) is 2. The second-order valence-electron chi connectivity index (χ2n) is 3.55. The van der Waals surface area contributed by atoms with Gasteiger partial charge in [-0.15, -0.1) is 0 Å². The molecule has 7 nitrogen and oxygen atoms in total. The standard InChI is InChI=1S/C11H9N3O4/c15-9-6-12-14(11(18)13-9)8-4-2-1-3-7(8)5-10(16)17/h1-4,6H,5H2,(H,16,17)(H,13,15,18). The zero-order chi connectivity index (χ0) is 13.1. The fourth-order valence-electron chi connectivity index (χ4n) is 1.55. The highest BCUT2D eigenvalue weighted by Gasteiger charge is 2.10. The molecule has 1 aromatic carbocycles. The summed E-state index contributed by atoms with van der Waals surface area (Å²) in [5.41, 5.74) is -0.542. The summed E-state index contributed by atoms with van der Waals surface area (Å²) < 4.78 is 0.958. The summed E-state index contributed by atoms with van der Waals surface area (Å²) in [6.07, 6.45) is 0.725. The molecule has 0 aliphatic rings. The normalized spacial score (nSPS) is 10.2. The average Bonchev–Trinajstić information content (AvgIpc) is 2.30. The highest BCUT2D eigenvalue weighted by molar-refractivity contribution is 5.71. The maximum absolute atomic E-state index is 11.6. The zero-order valence-electron chi connectivity index (χ0n) is 9.16. The maximum atomic E-state index is 11.6. The molecule has 1 aromatic heterocycles. The Morgan fingerprint density at radius 2 is 2.06 bits per heavy atom. The van der Waals surface area contributed by atoms with Crippen molar-refractivity contribution in [2.24, 2.45) is 0 Å². The monoisotopic (exact) mass is 247 g/mol. The van der Waals surface area contributed by atoms with E-state index in [0.29, 0.717) is 11.3 Å². The first-order valence-electron chi connectivity index (χ1n) is 5.06. The van der Waals surface area contributed by atoms with Crippen LogP contribution in [-0.4, -0.2) is 25.8 Å². The number of aliphatic carboxylic acids is 1. The number of hydrogen-bond acceptors (Lipinski definition) is 4. The van der Waals surface area contributed by atoms with Crippen molar-refractivity contribution in [3.63, 3.8) is 0 Å². The zero-order valence-corrected chi connectivity index (χ0v) is 9.16. The Kier molecular flexibility index (Phi) is 3.05. The van der Waals surface area contributed by atoms with Crippen LogP contribution in [0.3, 0.4) is 0 Å². The van der Waals surface area contributed by atoms with Gasteiger partial charge in [-0.3, -0.25) is 14.6 Å². The Hall–Kier alpha value is -2.70. The summed E-state index contributed by atoms with van der Waals surface area (Å²) in [7, 11) is 0. The Balaban J connectivity index is 2.60. The predicted molar refractivity (Wildman–Crippen MR) is 61.8 cm³/mol. The molecule has 0 amide bonds. The number of para-hydroxylation sites is 1. The Morgan fingerprint density at radius 1 is 1.33 bits per heavy atom. The van der Waals surface area contributed by atoms with Crippen LogP contribution in [0.2, 0.25) is 0 Å². The molecule has 0 spiro atoms. The van der Waals surface area contributed by atoms with Gasteiger partial charge in [0.2, 0.25) is 0 Å². The fourth-order valence-corrected chi connectivity index (χ4v) is 1.55. The molecular weight excluding hydrogens is 238 g/mol. The van der Waals surface area contributed by atoms with Crippen molar-refractivity contribution in [1.82, 2.24) is 14.8 Å². The van der Waals surface area contributed by atoms with E-state index in [9.17, 15) is 14.4 Å². The van der Waals surface area contributed by atoms with E-state index in [1.807, 2.05) is 0 Å². The number of carbonyl (C=O) groups is 1. The number of aromatic amines is 1. The van der Waals surface area contributed by atoms with Crippen LogP contribution in [0.5, 0.6) is 0 Å². The summed E-state index contributed by atoms with van der Waals surface area (Å²) >= 11 is 0. The van der Waals surface area contributed by atoms with E-state index in [1.165, 1.54) is 0 Å². The number of benzene rings is 1. The molecule has 2 rings (SSSR count). The average molecular weight is 247 g/mol. The topological polar surface area (TPSA) is 105 Å². The Bertz CT molecular complexity index is 702. The first-order chi connectivity index (χ1) is 8.58. The van der Waals surface area contributed by atoms with Crippen LogP contribution >= 0.6 is 0 Å². The lowest BCUT2D eigenvalue weighted by molar-refractivity contribution is -0.136.